The first-order valence-corrected chi connectivity index (χ1v) is 11.3. The number of thiophene rings is 1. The minimum atomic E-state index is -0.0454. The monoisotopic (exact) mass is 429 g/mol. The zero-order valence-corrected chi connectivity index (χ0v) is 17.9. The number of piperazine rings is 1. The minimum Gasteiger partial charge on any atom is -0.354 e. The number of carbonyl (C=O) groups excluding carboxylic acids is 1. The fourth-order valence-corrected chi connectivity index (χ4v) is 5.38. The molecule has 2 aliphatic rings. The molecule has 1 amide bonds. The summed E-state index contributed by atoms with van der Waals surface area (Å²) in [5.41, 5.74) is 1.84. The Morgan fingerprint density at radius 1 is 1.21 bits per heavy atom. The van der Waals surface area contributed by atoms with Crippen LogP contribution in [0.4, 0.5) is 10.8 Å². The lowest BCUT2D eigenvalue weighted by molar-refractivity contribution is -0.117. The number of hydrogen-bond acceptors (Lipinski definition) is 6. The highest BCUT2D eigenvalue weighted by Gasteiger charge is 2.23. The SMILES string of the molecule is N#Cc1c(NC(=O)CN2CCN(c3ccc(Cl)cn3)CC2)sc2c1CCCCC2. The van der Waals surface area contributed by atoms with E-state index in [1.807, 2.05) is 12.1 Å². The molecule has 0 atom stereocenters. The molecule has 1 aliphatic heterocycles. The van der Waals surface area contributed by atoms with Gasteiger partial charge in [-0.3, -0.25) is 9.69 Å². The summed E-state index contributed by atoms with van der Waals surface area (Å²) in [6.45, 7) is 3.57. The number of halogens is 1. The predicted octanol–water partition coefficient (Wildman–Crippen LogP) is 3.70. The smallest absolute Gasteiger partial charge is 0.239 e. The fraction of sp³-hybridized carbons (Fsp3) is 0.476. The van der Waals surface area contributed by atoms with Crippen molar-refractivity contribution in [2.24, 2.45) is 0 Å². The summed E-state index contributed by atoms with van der Waals surface area (Å²) in [6.07, 6.45) is 7.13. The number of carbonyl (C=O) groups is 1. The van der Waals surface area contributed by atoms with Gasteiger partial charge in [-0.15, -0.1) is 11.3 Å². The first-order chi connectivity index (χ1) is 14.1. The van der Waals surface area contributed by atoms with Crippen molar-refractivity contribution in [2.45, 2.75) is 32.1 Å². The molecule has 1 fully saturated rings. The summed E-state index contributed by atoms with van der Waals surface area (Å²) in [6, 6.07) is 6.10. The molecule has 0 unspecified atom stereocenters. The van der Waals surface area contributed by atoms with Crippen molar-refractivity contribution in [3.63, 3.8) is 0 Å². The Morgan fingerprint density at radius 3 is 2.72 bits per heavy atom. The quantitative estimate of drug-likeness (QED) is 0.750. The van der Waals surface area contributed by atoms with E-state index in [1.54, 1.807) is 17.5 Å². The molecule has 1 N–H and O–H groups in total. The molecule has 0 saturated carbocycles. The van der Waals surface area contributed by atoms with Gasteiger partial charge in [-0.1, -0.05) is 18.0 Å². The van der Waals surface area contributed by atoms with Crippen molar-refractivity contribution in [3.05, 3.63) is 39.4 Å². The van der Waals surface area contributed by atoms with Gasteiger partial charge in [-0.2, -0.15) is 5.26 Å². The molecule has 0 radical (unpaired) electrons. The van der Waals surface area contributed by atoms with Crippen molar-refractivity contribution >= 4 is 39.7 Å². The van der Waals surface area contributed by atoms with Gasteiger partial charge in [0.1, 0.15) is 16.9 Å². The lowest BCUT2D eigenvalue weighted by Crippen LogP contribution is -2.48. The van der Waals surface area contributed by atoms with E-state index in [1.165, 1.54) is 17.7 Å². The van der Waals surface area contributed by atoms with Gasteiger partial charge in [0.25, 0.3) is 0 Å². The van der Waals surface area contributed by atoms with E-state index in [4.69, 9.17) is 11.6 Å². The van der Waals surface area contributed by atoms with Crippen LogP contribution in [-0.4, -0.2) is 48.5 Å². The van der Waals surface area contributed by atoms with Crippen LogP contribution < -0.4 is 10.2 Å². The van der Waals surface area contributed by atoms with Crippen LogP contribution >= 0.6 is 22.9 Å². The Hall–Kier alpha value is -2.14. The third-order valence-corrected chi connectivity index (χ3v) is 6.99. The van der Waals surface area contributed by atoms with Crippen molar-refractivity contribution in [1.29, 1.82) is 5.26 Å². The number of aromatic nitrogens is 1. The second-order valence-corrected chi connectivity index (χ2v) is 9.07. The number of fused-ring (bicyclic) bond motifs is 1. The van der Waals surface area contributed by atoms with Gasteiger partial charge in [-0.25, -0.2) is 4.98 Å². The Morgan fingerprint density at radius 2 is 2.00 bits per heavy atom. The Bertz CT molecular complexity index is 912. The second kappa shape index (κ2) is 9.12. The highest BCUT2D eigenvalue weighted by atomic mass is 35.5. The molecule has 1 saturated heterocycles. The number of amides is 1. The fourth-order valence-electron chi connectivity index (χ4n) is 4.01. The average molecular weight is 430 g/mol. The van der Waals surface area contributed by atoms with Crippen LogP contribution in [0, 0.1) is 11.3 Å². The molecule has 4 rings (SSSR count). The normalized spacial score (nSPS) is 17.3. The van der Waals surface area contributed by atoms with E-state index in [0.29, 0.717) is 17.1 Å². The van der Waals surface area contributed by atoms with Crippen LogP contribution in [0.1, 0.15) is 35.3 Å². The van der Waals surface area contributed by atoms with E-state index in [0.717, 1.165) is 61.8 Å². The van der Waals surface area contributed by atoms with Gasteiger partial charge < -0.3 is 10.2 Å². The van der Waals surface area contributed by atoms with Crippen LogP contribution in [0.2, 0.25) is 5.02 Å². The molecule has 152 valence electrons. The van der Waals surface area contributed by atoms with Crippen LogP contribution in [0.3, 0.4) is 0 Å². The molecule has 2 aromatic heterocycles. The Labute approximate surface area is 180 Å². The summed E-state index contributed by atoms with van der Waals surface area (Å²) >= 11 is 7.50. The number of nitrogens with one attached hydrogen (secondary N) is 1. The maximum Gasteiger partial charge on any atom is 0.239 e. The number of nitrogens with zero attached hydrogens (tertiary/aromatic N) is 4. The average Bonchev–Trinajstić information content (AvgIpc) is 2.88. The van der Waals surface area contributed by atoms with Crippen LogP contribution in [0.15, 0.2) is 18.3 Å². The topological polar surface area (TPSA) is 72.3 Å². The zero-order chi connectivity index (χ0) is 20.2. The van der Waals surface area contributed by atoms with Gasteiger partial charge in [0.15, 0.2) is 0 Å². The number of rotatable bonds is 4. The number of pyridine rings is 1. The van der Waals surface area contributed by atoms with Gasteiger partial charge >= 0.3 is 0 Å². The molecular weight excluding hydrogens is 406 g/mol. The van der Waals surface area contributed by atoms with Gasteiger partial charge in [0.2, 0.25) is 5.91 Å². The first kappa shape index (κ1) is 20.1. The molecule has 0 aromatic carbocycles. The lowest BCUT2D eigenvalue weighted by atomic mass is 10.1. The van der Waals surface area contributed by atoms with Crippen LogP contribution in [0.5, 0.6) is 0 Å². The summed E-state index contributed by atoms with van der Waals surface area (Å²) in [7, 11) is 0. The van der Waals surface area contributed by atoms with Crippen molar-refractivity contribution in [2.75, 3.05) is 42.9 Å². The van der Waals surface area contributed by atoms with E-state index >= 15 is 0 Å². The van der Waals surface area contributed by atoms with Gasteiger partial charge in [0, 0.05) is 37.3 Å². The van der Waals surface area contributed by atoms with E-state index < -0.39 is 0 Å². The molecular formula is C21H24ClN5OS. The molecule has 8 heteroatoms. The maximum absolute atomic E-state index is 12.6. The molecule has 2 aromatic rings. The Kier molecular flexibility index (Phi) is 6.34. The number of hydrogen-bond donors (Lipinski definition) is 1. The van der Waals surface area contributed by atoms with E-state index in [2.05, 4.69) is 26.2 Å². The third kappa shape index (κ3) is 4.72. The number of aryl methyl sites for hydroxylation is 1. The minimum absolute atomic E-state index is 0.0454. The standard InChI is InChI=1S/C21H24ClN5OS/c22-15-6-7-19(24-13-15)27-10-8-26(9-11-27)14-20(28)25-21-17(12-23)16-4-2-1-3-5-18(16)29-21/h6-7,13H,1-5,8-11,14H2,(H,25,28). The highest BCUT2D eigenvalue weighted by Crippen LogP contribution is 2.36. The first-order valence-electron chi connectivity index (χ1n) is 10.1. The molecule has 0 spiro atoms. The third-order valence-electron chi connectivity index (χ3n) is 5.56. The summed E-state index contributed by atoms with van der Waals surface area (Å²) in [5, 5.41) is 14.0. The van der Waals surface area contributed by atoms with E-state index in [9.17, 15) is 10.1 Å². The van der Waals surface area contributed by atoms with Gasteiger partial charge in [0.05, 0.1) is 17.1 Å². The summed E-state index contributed by atoms with van der Waals surface area (Å²) in [5.74, 6) is 0.869. The highest BCUT2D eigenvalue weighted by molar-refractivity contribution is 7.16. The molecule has 1 aliphatic carbocycles. The van der Waals surface area contributed by atoms with Crippen molar-refractivity contribution < 1.29 is 4.79 Å². The van der Waals surface area contributed by atoms with Crippen molar-refractivity contribution in [1.82, 2.24) is 9.88 Å². The van der Waals surface area contributed by atoms with Crippen molar-refractivity contribution in [3.8, 4) is 6.07 Å². The molecule has 29 heavy (non-hydrogen) atoms. The molecule has 6 nitrogen and oxygen atoms in total. The van der Waals surface area contributed by atoms with Crippen LogP contribution in [-0.2, 0) is 17.6 Å². The number of nitriles is 1. The summed E-state index contributed by atoms with van der Waals surface area (Å²) in [4.78, 5) is 22.6. The van der Waals surface area contributed by atoms with Crippen LogP contribution in [0.25, 0.3) is 0 Å². The maximum atomic E-state index is 12.6. The molecule has 3 heterocycles. The van der Waals surface area contributed by atoms with E-state index in [-0.39, 0.29) is 5.91 Å². The van der Waals surface area contributed by atoms with Gasteiger partial charge in [-0.05, 0) is 43.4 Å². The summed E-state index contributed by atoms with van der Waals surface area (Å²) < 4.78 is 0. The lowest BCUT2D eigenvalue weighted by Gasteiger charge is -2.34. The second-order valence-electron chi connectivity index (χ2n) is 7.53. The molecule has 0 bridgehead atoms. The Balaban J connectivity index is 1.33. The largest absolute Gasteiger partial charge is 0.354 e. The number of anilines is 2. The predicted molar refractivity (Wildman–Crippen MR) is 117 cm³/mol. The zero-order valence-electron chi connectivity index (χ0n) is 16.3.